The third-order valence-corrected chi connectivity index (χ3v) is 6.36. The fourth-order valence-corrected chi connectivity index (χ4v) is 4.67. The van der Waals surface area contributed by atoms with Gasteiger partial charge in [0.2, 0.25) is 10.0 Å². The van der Waals surface area contributed by atoms with Gasteiger partial charge in [-0.05, 0) is 61.7 Å². The summed E-state index contributed by atoms with van der Waals surface area (Å²) < 4.78 is 43.4. The van der Waals surface area contributed by atoms with Crippen LogP contribution in [0.4, 0.5) is 4.39 Å². The predicted molar refractivity (Wildman–Crippen MR) is 100 cm³/mol. The molecule has 2 aliphatic rings. The number of hydrogen-bond acceptors (Lipinski definition) is 4. The Labute approximate surface area is 159 Å². The first-order valence-electron chi connectivity index (χ1n) is 9.21. The Morgan fingerprint density at radius 2 is 1.89 bits per heavy atom. The van der Waals surface area contributed by atoms with Crippen LogP contribution in [-0.2, 0) is 16.4 Å². The maximum atomic E-state index is 14.5. The monoisotopic (exact) mass is 390 g/mol. The van der Waals surface area contributed by atoms with Gasteiger partial charge in [0.1, 0.15) is 6.10 Å². The van der Waals surface area contributed by atoms with E-state index in [1.165, 1.54) is 30.5 Å². The summed E-state index contributed by atoms with van der Waals surface area (Å²) >= 11 is 0. The van der Waals surface area contributed by atoms with Gasteiger partial charge >= 0.3 is 0 Å². The first-order valence-corrected chi connectivity index (χ1v) is 10.8. The molecule has 2 aromatic carbocycles. The second-order valence-corrected chi connectivity index (χ2v) is 8.91. The first kappa shape index (κ1) is 18.4. The van der Waals surface area contributed by atoms with E-state index in [1.54, 1.807) is 0 Å². The van der Waals surface area contributed by atoms with Crippen molar-refractivity contribution in [3.8, 4) is 5.75 Å². The second kappa shape index (κ2) is 7.22. The molecule has 0 bridgehead atoms. The molecule has 2 atom stereocenters. The van der Waals surface area contributed by atoms with Crippen molar-refractivity contribution in [2.45, 2.75) is 30.3 Å². The van der Waals surface area contributed by atoms with E-state index in [0.717, 1.165) is 37.7 Å². The summed E-state index contributed by atoms with van der Waals surface area (Å²) in [5.41, 5.74) is 2.31. The smallest absolute Gasteiger partial charge is 0.238 e. The molecule has 7 heteroatoms. The van der Waals surface area contributed by atoms with Crippen molar-refractivity contribution in [1.29, 1.82) is 0 Å². The van der Waals surface area contributed by atoms with Crippen LogP contribution in [0.1, 0.15) is 30.1 Å². The Balaban J connectivity index is 1.61. The zero-order valence-corrected chi connectivity index (χ0v) is 15.8. The van der Waals surface area contributed by atoms with Crippen molar-refractivity contribution in [3.63, 3.8) is 0 Å². The Hall–Kier alpha value is -1.96. The van der Waals surface area contributed by atoms with E-state index in [-0.39, 0.29) is 22.7 Å². The van der Waals surface area contributed by atoms with Gasteiger partial charge in [-0.25, -0.2) is 17.9 Å². The molecule has 2 unspecified atom stereocenters. The molecule has 1 aliphatic heterocycles. The van der Waals surface area contributed by atoms with E-state index in [2.05, 4.69) is 11.0 Å². The number of ether oxygens (including phenoxy) is 1. The van der Waals surface area contributed by atoms with Gasteiger partial charge in [0.05, 0.1) is 4.90 Å². The summed E-state index contributed by atoms with van der Waals surface area (Å²) in [5, 5.41) is 5.08. The van der Waals surface area contributed by atoms with Gasteiger partial charge in [0, 0.05) is 12.5 Å². The van der Waals surface area contributed by atoms with Crippen LogP contribution in [0.2, 0.25) is 0 Å². The molecular weight excluding hydrogens is 367 g/mol. The van der Waals surface area contributed by atoms with Crippen LogP contribution in [0.25, 0.3) is 0 Å². The standard InChI is InChI=1S/C20H23FN2O3S/c21-18-12-16(27(22,24)25)7-8-19(18)26-20-15(13-23-9-3-4-10-23)11-14-5-1-2-6-17(14)20/h1-2,5-8,12,15,20H,3-4,9-11,13H2,(H2,22,24,25). The third-order valence-electron chi connectivity index (χ3n) is 5.45. The zero-order chi connectivity index (χ0) is 19.0. The summed E-state index contributed by atoms with van der Waals surface area (Å²) in [5.74, 6) is -0.431. The summed E-state index contributed by atoms with van der Waals surface area (Å²) in [6.07, 6.45) is 3.08. The maximum absolute atomic E-state index is 14.5. The molecule has 1 heterocycles. The van der Waals surface area contributed by atoms with Crippen LogP contribution < -0.4 is 9.88 Å². The number of hydrogen-bond donors (Lipinski definition) is 1. The van der Waals surface area contributed by atoms with Crippen molar-refractivity contribution in [2.75, 3.05) is 19.6 Å². The second-order valence-electron chi connectivity index (χ2n) is 7.35. The molecule has 0 radical (unpaired) electrons. The summed E-state index contributed by atoms with van der Waals surface area (Å²) in [6.45, 7) is 3.10. The van der Waals surface area contributed by atoms with E-state index in [4.69, 9.17) is 9.88 Å². The normalized spacial score (nSPS) is 22.7. The highest BCUT2D eigenvalue weighted by Gasteiger charge is 2.36. The van der Waals surface area contributed by atoms with Crippen molar-refractivity contribution >= 4 is 10.0 Å². The SMILES string of the molecule is NS(=O)(=O)c1ccc(OC2c3ccccc3CC2CN2CCCC2)c(F)c1. The molecule has 4 rings (SSSR count). The van der Waals surface area contributed by atoms with Gasteiger partial charge in [-0.3, -0.25) is 0 Å². The number of nitrogens with zero attached hydrogens (tertiary/aromatic N) is 1. The largest absolute Gasteiger partial charge is 0.482 e. The third kappa shape index (κ3) is 3.85. The number of rotatable bonds is 5. The zero-order valence-electron chi connectivity index (χ0n) is 15.0. The van der Waals surface area contributed by atoms with E-state index >= 15 is 0 Å². The molecule has 1 aliphatic carbocycles. The lowest BCUT2D eigenvalue weighted by Crippen LogP contribution is -2.30. The molecule has 0 aromatic heterocycles. The summed E-state index contributed by atoms with van der Waals surface area (Å²) in [6, 6.07) is 11.6. The molecule has 2 aromatic rings. The lowest BCUT2D eigenvalue weighted by molar-refractivity contribution is 0.116. The number of nitrogens with two attached hydrogens (primary N) is 1. The highest BCUT2D eigenvalue weighted by atomic mass is 32.2. The van der Waals surface area contributed by atoms with Crippen molar-refractivity contribution < 1.29 is 17.5 Å². The van der Waals surface area contributed by atoms with Crippen molar-refractivity contribution in [3.05, 3.63) is 59.4 Å². The molecule has 2 N–H and O–H groups in total. The molecule has 1 fully saturated rings. The van der Waals surface area contributed by atoms with Crippen LogP contribution >= 0.6 is 0 Å². The minimum atomic E-state index is -3.95. The Morgan fingerprint density at radius 1 is 1.15 bits per heavy atom. The van der Waals surface area contributed by atoms with Crippen molar-refractivity contribution in [2.24, 2.45) is 11.1 Å². The average molecular weight is 390 g/mol. The highest BCUT2D eigenvalue weighted by molar-refractivity contribution is 7.89. The number of sulfonamides is 1. The summed E-state index contributed by atoms with van der Waals surface area (Å²) in [7, 11) is -3.95. The topological polar surface area (TPSA) is 72.6 Å². The van der Waals surface area contributed by atoms with Crippen LogP contribution in [0.15, 0.2) is 47.4 Å². The fourth-order valence-electron chi connectivity index (χ4n) is 4.15. The van der Waals surface area contributed by atoms with Gasteiger partial charge in [0.25, 0.3) is 0 Å². The molecular formula is C20H23FN2O3S. The number of primary sulfonamides is 1. The quantitative estimate of drug-likeness (QED) is 0.852. The molecule has 0 saturated carbocycles. The Kier molecular flexibility index (Phi) is 4.92. The van der Waals surface area contributed by atoms with E-state index < -0.39 is 15.8 Å². The van der Waals surface area contributed by atoms with Crippen molar-refractivity contribution in [1.82, 2.24) is 4.90 Å². The van der Waals surface area contributed by atoms with Gasteiger partial charge in [-0.2, -0.15) is 0 Å². The van der Waals surface area contributed by atoms with Crippen LogP contribution in [0.5, 0.6) is 5.75 Å². The molecule has 27 heavy (non-hydrogen) atoms. The Bertz CT molecular complexity index is 942. The maximum Gasteiger partial charge on any atom is 0.238 e. The predicted octanol–water partition coefficient (Wildman–Crippen LogP) is 2.86. The number of fused-ring (bicyclic) bond motifs is 1. The van der Waals surface area contributed by atoms with E-state index in [1.807, 2.05) is 18.2 Å². The van der Waals surface area contributed by atoms with Gasteiger partial charge in [-0.1, -0.05) is 24.3 Å². The number of likely N-dealkylation sites (tertiary alicyclic amines) is 1. The van der Waals surface area contributed by atoms with Crippen LogP contribution in [0.3, 0.4) is 0 Å². The first-order chi connectivity index (χ1) is 12.9. The van der Waals surface area contributed by atoms with Gasteiger partial charge < -0.3 is 9.64 Å². The van der Waals surface area contributed by atoms with Crippen LogP contribution in [0, 0.1) is 11.7 Å². The Morgan fingerprint density at radius 3 is 2.59 bits per heavy atom. The molecule has 1 saturated heterocycles. The highest BCUT2D eigenvalue weighted by Crippen LogP contribution is 2.40. The van der Waals surface area contributed by atoms with E-state index in [0.29, 0.717) is 0 Å². The number of halogens is 1. The fraction of sp³-hybridized carbons (Fsp3) is 0.400. The minimum Gasteiger partial charge on any atom is -0.482 e. The molecule has 0 amide bonds. The molecule has 0 spiro atoms. The lowest BCUT2D eigenvalue weighted by Gasteiger charge is -2.26. The average Bonchev–Trinajstić information content (AvgIpc) is 3.24. The lowest BCUT2D eigenvalue weighted by atomic mass is 10.0. The summed E-state index contributed by atoms with van der Waals surface area (Å²) in [4.78, 5) is 2.18. The van der Waals surface area contributed by atoms with Gasteiger partial charge in [-0.15, -0.1) is 0 Å². The number of benzene rings is 2. The van der Waals surface area contributed by atoms with Crippen LogP contribution in [-0.4, -0.2) is 33.0 Å². The van der Waals surface area contributed by atoms with Gasteiger partial charge in [0.15, 0.2) is 11.6 Å². The molecule has 5 nitrogen and oxygen atoms in total. The minimum absolute atomic E-state index is 0.0514. The molecule has 144 valence electrons. The van der Waals surface area contributed by atoms with E-state index in [9.17, 15) is 12.8 Å².